The number of benzene rings is 2. The van der Waals surface area contributed by atoms with Gasteiger partial charge in [-0.25, -0.2) is 13.1 Å². The summed E-state index contributed by atoms with van der Waals surface area (Å²) >= 11 is 0. The van der Waals surface area contributed by atoms with Crippen molar-refractivity contribution in [1.82, 2.24) is 9.78 Å². The van der Waals surface area contributed by atoms with E-state index in [4.69, 9.17) is 0 Å². The summed E-state index contributed by atoms with van der Waals surface area (Å²) in [5.41, 5.74) is 1.97. The average molecular weight is 412 g/mol. The fraction of sp³-hybridized carbons (Fsp3) is 0.158. The maximum absolute atomic E-state index is 12.8. The molecule has 4 rings (SSSR count). The largest absolute Gasteiger partial charge is 0.306 e. The predicted molar refractivity (Wildman–Crippen MR) is 106 cm³/mol. The Bertz CT molecular complexity index is 1250. The molecule has 3 aromatic rings. The predicted octanol–water partition coefficient (Wildman–Crippen LogP) is 2.77. The van der Waals surface area contributed by atoms with Crippen molar-refractivity contribution in [2.45, 2.75) is 18.4 Å². The monoisotopic (exact) mass is 412 g/mol. The fourth-order valence-electron chi connectivity index (χ4n) is 3.24. The Morgan fingerprint density at radius 1 is 1.14 bits per heavy atom. The molecule has 1 amide bonds. The van der Waals surface area contributed by atoms with Crippen LogP contribution in [-0.4, -0.2) is 29.0 Å². The minimum atomic E-state index is -3.35. The molecule has 9 nitrogen and oxygen atoms in total. The SMILES string of the molecule is Cc1ccc(-n2nc3c(c2NC(=O)c2ccccc2[N+](=O)[O-])CS(=O)(=O)C3)cc1. The Balaban J connectivity index is 1.80. The van der Waals surface area contributed by atoms with Gasteiger partial charge in [-0.3, -0.25) is 14.9 Å². The zero-order valence-electron chi connectivity index (χ0n) is 15.3. The van der Waals surface area contributed by atoms with E-state index < -0.39 is 20.7 Å². The van der Waals surface area contributed by atoms with E-state index in [1.807, 2.05) is 19.1 Å². The maximum Gasteiger partial charge on any atom is 0.282 e. The number of anilines is 1. The third-order valence-corrected chi connectivity index (χ3v) is 6.09. The first-order chi connectivity index (χ1) is 13.7. The van der Waals surface area contributed by atoms with Crippen molar-refractivity contribution >= 4 is 27.2 Å². The molecule has 2 aromatic carbocycles. The number of aromatic nitrogens is 2. The Morgan fingerprint density at radius 2 is 1.83 bits per heavy atom. The first kappa shape index (κ1) is 18.8. The lowest BCUT2D eigenvalue weighted by atomic mass is 10.1. The molecule has 0 saturated heterocycles. The van der Waals surface area contributed by atoms with Crippen LogP contribution in [0, 0.1) is 17.0 Å². The molecular weight excluding hydrogens is 396 g/mol. The number of para-hydroxylation sites is 1. The van der Waals surface area contributed by atoms with Crippen LogP contribution >= 0.6 is 0 Å². The number of carbonyl (C=O) groups is 1. The third kappa shape index (κ3) is 3.49. The number of hydrogen-bond donors (Lipinski definition) is 1. The van der Waals surface area contributed by atoms with Crippen molar-refractivity contribution in [1.29, 1.82) is 0 Å². The number of nitro groups is 1. The van der Waals surface area contributed by atoms with Gasteiger partial charge in [-0.2, -0.15) is 5.10 Å². The highest BCUT2D eigenvalue weighted by atomic mass is 32.2. The Hall–Kier alpha value is -3.53. The number of sulfone groups is 1. The number of aryl methyl sites for hydroxylation is 1. The Labute approximate surface area is 166 Å². The number of nitro benzene ring substituents is 1. The molecule has 1 aromatic heterocycles. The van der Waals surface area contributed by atoms with E-state index >= 15 is 0 Å². The second-order valence-corrected chi connectivity index (χ2v) is 8.85. The van der Waals surface area contributed by atoms with E-state index in [9.17, 15) is 23.3 Å². The Morgan fingerprint density at radius 3 is 2.52 bits per heavy atom. The number of hydrogen-bond acceptors (Lipinski definition) is 6. The molecule has 148 valence electrons. The molecular formula is C19H16N4O5S. The van der Waals surface area contributed by atoms with Crippen LogP contribution in [0.4, 0.5) is 11.5 Å². The van der Waals surface area contributed by atoms with Crippen LogP contribution in [0.5, 0.6) is 0 Å². The molecule has 0 fully saturated rings. The van der Waals surface area contributed by atoms with Gasteiger partial charge in [0.15, 0.2) is 9.84 Å². The van der Waals surface area contributed by atoms with Gasteiger partial charge in [0, 0.05) is 11.6 Å². The topological polar surface area (TPSA) is 124 Å². The molecule has 1 aliphatic heterocycles. The number of carbonyl (C=O) groups excluding carboxylic acids is 1. The number of nitrogens with zero attached hydrogens (tertiary/aromatic N) is 3. The first-order valence-corrected chi connectivity index (χ1v) is 10.5. The lowest BCUT2D eigenvalue weighted by Gasteiger charge is -2.11. The highest BCUT2D eigenvalue weighted by Crippen LogP contribution is 2.33. The second kappa shape index (κ2) is 6.82. The van der Waals surface area contributed by atoms with Crippen molar-refractivity contribution in [3.05, 3.63) is 81.0 Å². The standard InChI is InChI=1S/C19H16N4O5S/c1-12-6-8-13(9-7-12)22-18(15-10-29(27,28)11-16(15)21-22)20-19(24)14-4-2-3-5-17(14)23(25)26/h2-9H,10-11H2,1H3,(H,20,24). The molecule has 29 heavy (non-hydrogen) atoms. The van der Waals surface area contributed by atoms with E-state index in [-0.39, 0.29) is 28.6 Å². The molecule has 0 radical (unpaired) electrons. The molecule has 0 aliphatic carbocycles. The van der Waals surface area contributed by atoms with Crippen molar-refractivity contribution < 1.29 is 18.1 Å². The first-order valence-electron chi connectivity index (χ1n) is 8.68. The number of fused-ring (bicyclic) bond motifs is 1. The molecule has 0 unspecified atom stereocenters. The van der Waals surface area contributed by atoms with Crippen molar-refractivity contribution in [2.24, 2.45) is 0 Å². The second-order valence-electron chi connectivity index (χ2n) is 6.78. The van der Waals surface area contributed by atoms with Gasteiger partial charge in [-0.1, -0.05) is 29.8 Å². The molecule has 0 atom stereocenters. The molecule has 0 bridgehead atoms. The lowest BCUT2D eigenvalue weighted by Crippen LogP contribution is -2.18. The third-order valence-electron chi connectivity index (χ3n) is 4.64. The van der Waals surface area contributed by atoms with Crippen LogP contribution in [0.3, 0.4) is 0 Å². The van der Waals surface area contributed by atoms with Crippen LogP contribution in [-0.2, 0) is 21.3 Å². The van der Waals surface area contributed by atoms with Crippen LogP contribution in [0.25, 0.3) is 5.69 Å². The minimum Gasteiger partial charge on any atom is -0.306 e. The molecule has 1 aliphatic rings. The number of amides is 1. The van der Waals surface area contributed by atoms with E-state index in [0.29, 0.717) is 16.9 Å². The van der Waals surface area contributed by atoms with Crippen LogP contribution in [0.1, 0.15) is 27.2 Å². The molecule has 2 heterocycles. The van der Waals surface area contributed by atoms with E-state index in [1.54, 1.807) is 12.1 Å². The summed E-state index contributed by atoms with van der Waals surface area (Å²) in [6.07, 6.45) is 0. The van der Waals surface area contributed by atoms with E-state index in [2.05, 4.69) is 10.4 Å². The summed E-state index contributed by atoms with van der Waals surface area (Å²) < 4.78 is 25.5. The van der Waals surface area contributed by atoms with Crippen molar-refractivity contribution in [3.8, 4) is 5.69 Å². The molecule has 10 heteroatoms. The van der Waals surface area contributed by atoms with Crippen LogP contribution < -0.4 is 5.32 Å². The summed E-state index contributed by atoms with van der Waals surface area (Å²) in [7, 11) is -3.35. The zero-order chi connectivity index (χ0) is 20.8. The Kier molecular flexibility index (Phi) is 4.42. The number of rotatable bonds is 4. The normalized spacial score (nSPS) is 14.4. The maximum atomic E-state index is 12.8. The molecule has 0 saturated carbocycles. The zero-order valence-corrected chi connectivity index (χ0v) is 16.1. The summed E-state index contributed by atoms with van der Waals surface area (Å²) in [4.78, 5) is 23.4. The van der Waals surface area contributed by atoms with E-state index in [1.165, 1.54) is 28.9 Å². The highest BCUT2D eigenvalue weighted by Gasteiger charge is 2.34. The lowest BCUT2D eigenvalue weighted by molar-refractivity contribution is -0.385. The average Bonchev–Trinajstić information content (AvgIpc) is 3.15. The summed E-state index contributed by atoms with van der Waals surface area (Å²) in [6.45, 7) is 1.93. The van der Waals surface area contributed by atoms with Gasteiger partial charge >= 0.3 is 0 Å². The highest BCUT2D eigenvalue weighted by molar-refractivity contribution is 7.90. The van der Waals surface area contributed by atoms with Gasteiger partial charge in [0.1, 0.15) is 11.4 Å². The van der Waals surface area contributed by atoms with Gasteiger partial charge in [0.05, 0.1) is 27.8 Å². The van der Waals surface area contributed by atoms with Crippen LogP contribution in [0.15, 0.2) is 48.5 Å². The summed E-state index contributed by atoms with van der Waals surface area (Å²) in [5, 5.41) is 18.3. The van der Waals surface area contributed by atoms with Crippen molar-refractivity contribution in [2.75, 3.05) is 5.32 Å². The van der Waals surface area contributed by atoms with E-state index in [0.717, 1.165) is 5.56 Å². The summed E-state index contributed by atoms with van der Waals surface area (Å²) in [5.74, 6) is -0.971. The fourth-order valence-corrected chi connectivity index (χ4v) is 4.74. The smallest absolute Gasteiger partial charge is 0.282 e. The minimum absolute atomic E-state index is 0.122. The summed E-state index contributed by atoms with van der Waals surface area (Å²) in [6, 6.07) is 12.9. The van der Waals surface area contributed by atoms with Gasteiger partial charge in [-0.05, 0) is 25.1 Å². The quantitative estimate of drug-likeness (QED) is 0.519. The van der Waals surface area contributed by atoms with Gasteiger partial charge in [0.2, 0.25) is 0 Å². The van der Waals surface area contributed by atoms with Crippen LogP contribution in [0.2, 0.25) is 0 Å². The van der Waals surface area contributed by atoms with Gasteiger partial charge < -0.3 is 5.32 Å². The van der Waals surface area contributed by atoms with Gasteiger partial charge in [0.25, 0.3) is 11.6 Å². The van der Waals surface area contributed by atoms with Crippen molar-refractivity contribution in [3.63, 3.8) is 0 Å². The number of nitrogens with one attached hydrogen (secondary N) is 1. The molecule has 1 N–H and O–H groups in total. The van der Waals surface area contributed by atoms with Gasteiger partial charge in [-0.15, -0.1) is 0 Å². The molecule has 0 spiro atoms.